The largest absolute Gasteiger partial charge is 0.478 e. The Morgan fingerprint density at radius 2 is 2.05 bits per heavy atom. The fourth-order valence-corrected chi connectivity index (χ4v) is 2.56. The molecule has 0 amide bonds. The zero-order valence-corrected chi connectivity index (χ0v) is 11.4. The van der Waals surface area contributed by atoms with Crippen LogP contribution in [0.1, 0.15) is 6.92 Å². The first-order valence-corrected chi connectivity index (χ1v) is 7.23. The highest BCUT2D eigenvalue weighted by Crippen LogP contribution is 2.18. The van der Waals surface area contributed by atoms with E-state index in [1.165, 1.54) is 24.3 Å². The van der Waals surface area contributed by atoms with Gasteiger partial charge in [-0.15, -0.1) is 0 Å². The number of benzene rings is 1. The number of hydrogen-bond acceptors (Lipinski definition) is 5. The molecule has 0 unspecified atom stereocenters. The maximum Gasteiger partial charge on any atom is 0.265 e. The van der Waals surface area contributed by atoms with Crippen molar-refractivity contribution in [1.82, 2.24) is 9.97 Å². The van der Waals surface area contributed by atoms with Gasteiger partial charge in [0.2, 0.25) is 5.88 Å². The van der Waals surface area contributed by atoms with Gasteiger partial charge in [-0.1, -0.05) is 12.1 Å². The van der Waals surface area contributed by atoms with E-state index in [9.17, 15) is 12.8 Å². The molecule has 106 valence electrons. The van der Waals surface area contributed by atoms with E-state index < -0.39 is 20.7 Å². The molecule has 8 heteroatoms. The topological polar surface area (TPSA) is 81.2 Å². The molecule has 0 aliphatic rings. The van der Waals surface area contributed by atoms with Crippen LogP contribution < -0.4 is 9.46 Å². The van der Waals surface area contributed by atoms with Crippen LogP contribution in [0.3, 0.4) is 0 Å². The second kappa shape index (κ2) is 5.83. The van der Waals surface area contributed by atoms with Crippen molar-refractivity contribution in [3.05, 3.63) is 42.5 Å². The summed E-state index contributed by atoms with van der Waals surface area (Å²) in [7, 11) is -4.05. The first-order chi connectivity index (χ1) is 9.53. The van der Waals surface area contributed by atoms with E-state index >= 15 is 0 Å². The monoisotopic (exact) mass is 297 g/mol. The van der Waals surface area contributed by atoms with Gasteiger partial charge in [-0.25, -0.2) is 22.8 Å². The number of rotatable bonds is 5. The molecule has 0 radical (unpaired) electrons. The summed E-state index contributed by atoms with van der Waals surface area (Å²) in [5.74, 6) is -0.598. The molecule has 0 spiro atoms. The van der Waals surface area contributed by atoms with E-state index in [1.807, 2.05) is 0 Å². The van der Waals surface area contributed by atoms with Crippen LogP contribution in [0.2, 0.25) is 0 Å². The van der Waals surface area contributed by atoms with Gasteiger partial charge in [0, 0.05) is 6.07 Å². The Morgan fingerprint density at radius 3 is 2.75 bits per heavy atom. The van der Waals surface area contributed by atoms with E-state index in [2.05, 4.69) is 14.7 Å². The molecule has 2 rings (SSSR count). The van der Waals surface area contributed by atoms with Gasteiger partial charge < -0.3 is 4.74 Å². The third kappa shape index (κ3) is 3.21. The molecule has 0 bridgehead atoms. The minimum Gasteiger partial charge on any atom is -0.478 e. The highest BCUT2D eigenvalue weighted by Gasteiger charge is 2.19. The summed E-state index contributed by atoms with van der Waals surface area (Å²) in [5.41, 5.74) is 0. The number of hydrogen-bond donors (Lipinski definition) is 1. The van der Waals surface area contributed by atoms with Gasteiger partial charge in [-0.2, -0.15) is 0 Å². The quantitative estimate of drug-likeness (QED) is 0.910. The molecular formula is C12H12FN3O3S. The average molecular weight is 297 g/mol. The van der Waals surface area contributed by atoms with Crippen molar-refractivity contribution in [2.45, 2.75) is 11.8 Å². The molecule has 0 fully saturated rings. The van der Waals surface area contributed by atoms with Crippen molar-refractivity contribution in [2.75, 3.05) is 11.3 Å². The summed E-state index contributed by atoms with van der Waals surface area (Å²) in [6.07, 6.45) is 1.16. The Labute approximate surface area is 115 Å². The fourth-order valence-electron chi connectivity index (χ4n) is 1.48. The first kappa shape index (κ1) is 14.2. The summed E-state index contributed by atoms with van der Waals surface area (Å²) < 4.78 is 44.9. The summed E-state index contributed by atoms with van der Waals surface area (Å²) in [4.78, 5) is 7.12. The van der Waals surface area contributed by atoms with Crippen molar-refractivity contribution in [1.29, 1.82) is 0 Å². The SMILES string of the molecule is CCOc1cc(NS(=O)(=O)c2ccccc2F)ncn1. The van der Waals surface area contributed by atoms with Crippen molar-refractivity contribution in [3.8, 4) is 5.88 Å². The maximum atomic E-state index is 13.5. The van der Waals surface area contributed by atoms with Crippen molar-refractivity contribution >= 4 is 15.8 Å². The van der Waals surface area contributed by atoms with E-state index in [0.717, 1.165) is 12.4 Å². The zero-order valence-electron chi connectivity index (χ0n) is 10.6. The number of sulfonamides is 1. The molecule has 0 aliphatic carbocycles. The number of halogens is 1. The summed E-state index contributed by atoms with van der Waals surface area (Å²) >= 11 is 0. The first-order valence-electron chi connectivity index (χ1n) is 5.75. The molecule has 0 aliphatic heterocycles. The highest BCUT2D eigenvalue weighted by molar-refractivity contribution is 7.92. The molecule has 0 atom stereocenters. The molecule has 1 aromatic carbocycles. The van der Waals surface area contributed by atoms with Gasteiger partial charge in [-0.05, 0) is 19.1 Å². The molecule has 0 saturated carbocycles. The minimum atomic E-state index is -4.05. The van der Waals surface area contributed by atoms with Gasteiger partial charge in [0.25, 0.3) is 10.0 Å². The summed E-state index contributed by atoms with van der Waals surface area (Å²) in [6, 6.07) is 6.40. The molecule has 1 N–H and O–H groups in total. The Bertz CT molecular complexity index is 707. The zero-order chi connectivity index (χ0) is 14.6. The lowest BCUT2D eigenvalue weighted by atomic mass is 10.4. The Hall–Kier alpha value is -2.22. The maximum absolute atomic E-state index is 13.5. The van der Waals surface area contributed by atoms with Crippen LogP contribution in [0, 0.1) is 5.82 Å². The van der Waals surface area contributed by atoms with Crippen LogP contribution in [0.15, 0.2) is 41.6 Å². The van der Waals surface area contributed by atoms with Crippen LogP contribution >= 0.6 is 0 Å². The van der Waals surface area contributed by atoms with Gasteiger partial charge in [0.1, 0.15) is 22.9 Å². The van der Waals surface area contributed by atoms with E-state index in [4.69, 9.17) is 4.74 Å². The van der Waals surface area contributed by atoms with Crippen LogP contribution in [-0.2, 0) is 10.0 Å². The summed E-state index contributed by atoms with van der Waals surface area (Å²) in [5, 5.41) is 0. The predicted octanol–water partition coefficient (Wildman–Crippen LogP) is 1.82. The number of ether oxygens (including phenoxy) is 1. The molecule has 0 saturated heterocycles. The van der Waals surface area contributed by atoms with Crippen LogP contribution in [0.5, 0.6) is 5.88 Å². The van der Waals surface area contributed by atoms with Gasteiger partial charge in [0.05, 0.1) is 6.61 Å². The lowest BCUT2D eigenvalue weighted by molar-refractivity contribution is 0.326. The Morgan fingerprint density at radius 1 is 1.30 bits per heavy atom. The van der Waals surface area contributed by atoms with Crippen LogP contribution in [0.4, 0.5) is 10.2 Å². The van der Waals surface area contributed by atoms with Crippen LogP contribution in [0.25, 0.3) is 0 Å². The lowest BCUT2D eigenvalue weighted by Gasteiger charge is -2.08. The summed E-state index contributed by atoms with van der Waals surface area (Å²) in [6.45, 7) is 2.15. The minimum absolute atomic E-state index is 0.00621. The van der Waals surface area contributed by atoms with Gasteiger partial charge in [0.15, 0.2) is 0 Å². The van der Waals surface area contributed by atoms with Gasteiger partial charge in [-0.3, -0.25) is 4.72 Å². The van der Waals surface area contributed by atoms with E-state index in [1.54, 1.807) is 6.92 Å². The van der Waals surface area contributed by atoms with E-state index in [0.29, 0.717) is 6.61 Å². The predicted molar refractivity (Wildman–Crippen MR) is 70.4 cm³/mol. The number of nitrogens with zero attached hydrogens (tertiary/aromatic N) is 2. The highest BCUT2D eigenvalue weighted by atomic mass is 32.2. The molecule has 1 aromatic heterocycles. The molecule has 20 heavy (non-hydrogen) atoms. The second-order valence-electron chi connectivity index (χ2n) is 3.71. The Kier molecular flexibility index (Phi) is 4.14. The number of anilines is 1. The molecule has 2 aromatic rings. The average Bonchev–Trinajstić information content (AvgIpc) is 2.39. The second-order valence-corrected chi connectivity index (χ2v) is 5.36. The third-order valence-electron chi connectivity index (χ3n) is 2.30. The standard InChI is InChI=1S/C12H12FN3O3S/c1-2-19-12-7-11(14-8-15-12)16-20(17,18)10-6-4-3-5-9(10)13/h3-8H,2H2,1H3,(H,14,15,16). The fraction of sp³-hybridized carbons (Fsp3) is 0.167. The van der Waals surface area contributed by atoms with Crippen molar-refractivity contribution < 1.29 is 17.5 Å². The van der Waals surface area contributed by atoms with Crippen molar-refractivity contribution in [3.63, 3.8) is 0 Å². The third-order valence-corrected chi connectivity index (χ3v) is 3.69. The molecular weight excluding hydrogens is 285 g/mol. The number of nitrogens with one attached hydrogen (secondary N) is 1. The Balaban J connectivity index is 2.29. The smallest absolute Gasteiger partial charge is 0.265 e. The van der Waals surface area contributed by atoms with Crippen molar-refractivity contribution in [2.24, 2.45) is 0 Å². The number of aromatic nitrogens is 2. The van der Waals surface area contributed by atoms with Crippen LogP contribution in [-0.4, -0.2) is 25.0 Å². The molecule has 6 nitrogen and oxygen atoms in total. The van der Waals surface area contributed by atoms with E-state index in [-0.39, 0.29) is 11.7 Å². The molecule has 1 heterocycles. The normalized spacial score (nSPS) is 11.1. The lowest BCUT2D eigenvalue weighted by Crippen LogP contribution is -2.15. The van der Waals surface area contributed by atoms with Gasteiger partial charge >= 0.3 is 0 Å².